The molecule has 0 unspecified atom stereocenters. The Morgan fingerprint density at radius 1 is 0.593 bits per heavy atom. The van der Waals surface area contributed by atoms with Crippen molar-refractivity contribution in [1.29, 1.82) is 0 Å². The Labute approximate surface area is 172 Å². The predicted molar refractivity (Wildman–Crippen MR) is 134 cm³/mol. The summed E-state index contributed by atoms with van der Waals surface area (Å²) in [5.74, 6) is -0.410. The van der Waals surface area contributed by atoms with E-state index in [1.165, 1.54) is 0 Å². The molecule has 0 aliphatic heterocycles. The molecule has 0 aliphatic carbocycles. The summed E-state index contributed by atoms with van der Waals surface area (Å²) in [6, 6.07) is 0. The lowest BCUT2D eigenvalue weighted by Crippen LogP contribution is -2.06. The summed E-state index contributed by atoms with van der Waals surface area (Å²) in [4.78, 5) is 10.3. The molecule has 160 valence electrons. The van der Waals surface area contributed by atoms with E-state index in [2.05, 4.69) is 134 Å². The molecule has 0 saturated carbocycles. The number of hydrogen-bond acceptors (Lipinski definition) is 3. The van der Waals surface area contributed by atoms with E-state index < -0.39 is 5.97 Å². The number of methoxy groups -OCH3 is 1. The van der Waals surface area contributed by atoms with Crippen LogP contribution in [0.3, 0.4) is 0 Å². The molecular formula is C24H46O3. The Bertz CT molecular complexity index is 175. The van der Waals surface area contributed by atoms with E-state index in [1.807, 2.05) is 0 Å². The van der Waals surface area contributed by atoms with E-state index in [9.17, 15) is 4.79 Å². The van der Waals surface area contributed by atoms with Crippen LogP contribution in [-0.4, -0.2) is 26.3 Å². The summed E-state index contributed by atoms with van der Waals surface area (Å²) < 4.78 is 9.17. The molecule has 0 aliphatic rings. The molecule has 0 aromatic heterocycles. The maximum absolute atomic E-state index is 10.3. The average Bonchev–Trinajstić information content (AvgIpc) is 2.85. The molecule has 0 bridgehead atoms. The van der Waals surface area contributed by atoms with Crippen molar-refractivity contribution in [3.63, 3.8) is 0 Å². The lowest BCUT2D eigenvalue weighted by molar-refractivity contribution is -0.138. The molecule has 0 spiro atoms. The summed E-state index contributed by atoms with van der Waals surface area (Å²) in [6.45, 7) is 57.9. The molecule has 0 aromatic rings. The van der Waals surface area contributed by atoms with Crippen molar-refractivity contribution in [2.24, 2.45) is 0 Å². The van der Waals surface area contributed by atoms with Gasteiger partial charge in [0.05, 0.1) is 6.61 Å². The molecule has 3 heteroatoms. The summed E-state index contributed by atoms with van der Waals surface area (Å²) in [5.41, 5.74) is 0. The van der Waals surface area contributed by atoms with E-state index >= 15 is 0 Å². The number of esters is 1. The minimum absolute atomic E-state index is 0.293. The molecule has 3 nitrogen and oxygen atoms in total. The highest BCUT2D eigenvalue weighted by atomic mass is 16.6. The first-order valence-electron chi connectivity index (χ1n) is 7.09. The van der Waals surface area contributed by atoms with Gasteiger partial charge in [-0.15, -0.1) is 118 Å². The zero-order valence-corrected chi connectivity index (χ0v) is 18.2. The third-order valence-corrected chi connectivity index (χ3v) is 0.698. The molecular weight excluding hydrogens is 336 g/mol. The fourth-order valence-corrected chi connectivity index (χ4v) is 0.285. The van der Waals surface area contributed by atoms with Crippen LogP contribution in [0, 0.1) is 0 Å². The van der Waals surface area contributed by atoms with Crippen molar-refractivity contribution >= 4 is 5.97 Å². The summed E-state index contributed by atoms with van der Waals surface area (Å²) in [5, 5.41) is 0. The first kappa shape index (κ1) is 64.9. The molecule has 0 N–H and O–H groups in total. The van der Waals surface area contributed by atoms with Crippen LogP contribution < -0.4 is 0 Å². The summed E-state index contributed by atoms with van der Waals surface area (Å²) in [6.07, 6.45) is 1.12. The second-order valence-electron chi connectivity index (χ2n) is 1.36. The van der Waals surface area contributed by atoms with Gasteiger partial charge < -0.3 is 9.47 Å². The highest BCUT2D eigenvalue weighted by Crippen LogP contribution is 1.78. The maximum atomic E-state index is 10.3. The third kappa shape index (κ3) is 675. The normalized spacial score (nSPS) is 4.19. The number of hydrogen-bond donors (Lipinski definition) is 0. The Hall–Kier alpha value is -3.17. The van der Waals surface area contributed by atoms with E-state index in [0.717, 1.165) is 6.08 Å². The van der Waals surface area contributed by atoms with Gasteiger partial charge in [-0.3, -0.25) is 0 Å². The van der Waals surface area contributed by atoms with Crippen molar-refractivity contribution in [2.45, 2.75) is 0 Å². The second-order valence-corrected chi connectivity index (χ2v) is 1.36. The van der Waals surface area contributed by atoms with Crippen molar-refractivity contribution in [3.8, 4) is 0 Å². The monoisotopic (exact) mass is 382 g/mol. The quantitative estimate of drug-likeness (QED) is 0.217. The predicted octanol–water partition coefficient (Wildman–Crippen LogP) is 7.58. The molecule has 0 heterocycles. The molecule has 0 fully saturated rings. The van der Waals surface area contributed by atoms with Crippen LogP contribution in [0.25, 0.3) is 0 Å². The van der Waals surface area contributed by atoms with Crippen molar-refractivity contribution < 1.29 is 14.3 Å². The maximum Gasteiger partial charge on any atom is 0.330 e. The van der Waals surface area contributed by atoms with Gasteiger partial charge in [0.2, 0.25) is 0 Å². The van der Waals surface area contributed by atoms with Gasteiger partial charge in [-0.1, -0.05) is 6.58 Å². The standard InChI is InChI=1S/C6H10O3.9C2H4/c1-3-6(7)9-5-4-8-2;9*1-2/h3H,1,4-5H2,2H3;9*1-2H2. The van der Waals surface area contributed by atoms with Gasteiger partial charge in [0.15, 0.2) is 0 Å². The minimum Gasteiger partial charge on any atom is -0.460 e. The smallest absolute Gasteiger partial charge is 0.330 e. The molecule has 0 amide bonds. The zero-order valence-electron chi connectivity index (χ0n) is 18.2. The Morgan fingerprint density at radius 3 is 0.963 bits per heavy atom. The first-order valence-corrected chi connectivity index (χ1v) is 7.09. The van der Waals surface area contributed by atoms with Crippen molar-refractivity contribution in [3.05, 3.63) is 131 Å². The van der Waals surface area contributed by atoms with Gasteiger partial charge in [0.1, 0.15) is 6.61 Å². The van der Waals surface area contributed by atoms with Crippen molar-refractivity contribution in [1.82, 2.24) is 0 Å². The number of carbonyl (C=O) groups excluding carboxylic acids is 1. The summed E-state index contributed by atoms with van der Waals surface area (Å²) in [7, 11) is 1.54. The minimum atomic E-state index is -0.410. The van der Waals surface area contributed by atoms with Gasteiger partial charge >= 0.3 is 5.97 Å². The SMILES string of the molecule is C=C.C=C.C=C.C=C.C=C.C=C.C=C.C=C.C=C.C=CC(=O)OCCOC. The van der Waals surface area contributed by atoms with Crippen LogP contribution >= 0.6 is 0 Å². The van der Waals surface area contributed by atoms with E-state index in [0.29, 0.717) is 13.2 Å². The molecule has 0 atom stereocenters. The topological polar surface area (TPSA) is 35.5 Å². The zero-order chi connectivity index (χ0) is 25.1. The number of carbonyl (C=O) groups is 1. The van der Waals surface area contributed by atoms with Gasteiger partial charge in [-0.2, -0.15) is 0 Å². The number of ether oxygens (including phenoxy) is 2. The van der Waals surface area contributed by atoms with Crippen LogP contribution in [-0.2, 0) is 14.3 Å². The fourth-order valence-electron chi connectivity index (χ4n) is 0.285. The Balaban J connectivity index is -0.0000000171. The summed E-state index contributed by atoms with van der Waals surface area (Å²) >= 11 is 0. The number of rotatable bonds is 4. The lowest BCUT2D eigenvalue weighted by atomic mass is 10.6. The van der Waals surface area contributed by atoms with Crippen LogP contribution in [0.5, 0.6) is 0 Å². The highest BCUT2D eigenvalue weighted by molar-refractivity contribution is 5.81. The Kier molecular flexibility index (Phi) is 1120. The van der Waals surface area contributed by atoms with Gasteiger partial charge in [0.25, 0.3) is 0 Å². The molecule has 0 rings (SSSR count). The van der Waals surface area contributed by atoms with E-state index in [-0.39, 0.29) is 0 Å². The third-order valence-electron chi connectivity index (χ3n) is 0.698. The largest absolute Gasteiger partial charge is 0.460 e. The first-order chi connectivity index (χ1) is 13.3. The second kappa shape index (κ2) is 466. The van der Waals surface area contributed by atoms with Crippen LogP contribution in [0.1, 0.15) is 0 Å². The van der Waals surface area contributed by atoms with Crippen LogP contribution in [0.2, 0.25) is 0 Å². The molecule has 0 aromatic carbocycles. The Morgan fingerprint density at radius 2 is 0.815 bits per heavy atom. The average molecular weight is 383 g/mol. The van der Waals surface area contributed by atoms with Gasteiger partial charge in [-0.25, -0.2) is 4.79 Å². The lowest BCUT2D eigenvalue weighted by Gasteiger charge is -1.98. The van der Waals surface area contributed by atoms with Crippen LogP contribution in [0.15, 0.2) is 131 Å². The van der Waals surface area contributed by atoms with Crippen LogP contribution in [0.4, 0.5) is 0 Å². The molecule has 0 radical (unpaired) electrons. The molecule has 27 heavy (non-hydrogen) atoms. The van der Waals surface area contributed by atoms with Gasteiger partial charge in [0, 0.05) is 13.2 Å². The fraction of sp³-hybridized carbons (Fsp3) is 0.125. The van der Waals surface area contributed by atoms with Gasteiger partial charge in [-0.05, 0) is 0 Å². The van der Waals surface area contributed by atoms with E-state index in [1.54, 1.807) is 7.11 Å². The molecule has 0 saturated heterocycles. The highest BCUT2D eigenvalue weighted by Gasteiger charge is 1.91. The van der Waals surface area contributed by atoms with Crippen molar-refractivity contribution in [2.75, 3.05) is 20.3 Å². The van der Waals surface area contributed by atoms with E-state index in [4.69, 9.17) is 0 Å².